The quantitative estimate of drug-likeness (QED) is 0.342. The number of anilines is 1. The number of benzene rings is 1. The summed E-state index contributed by atoms with van der Waals surface area (Å²) in [7, 11) is 1.59. The molecule has 44 heavy (non-hydrogen) atoms. The Morgan fingerprint density at radius 1 is 1.00 bits per heavy atom. The zero-order valence-corrected chi connectivity index (χ0v) is 26.4. The number of piperazine rings is 1. The van der Waals surface area contributed by atoms with Crippen molar-refractivity contribution in [2.75, 3.05) is 51.8 Å². The molecule has 2 atom stereocenters. The highest BCUT2D eigenvalue weighted by atomic mass is 16.6. The summed E-state index contributed by atoms with van der Waals surface area (Å²) < 4.78 is 15.7. The number of aromatic nitrogens is 2. The average molecular weight is 613 g/mol. The lowest BCUT2D eigenvalue weighted by Gasteiger charge is -2.36. The van der Waals surface area contributed by atoms with Gasteiger partial charge in [0.2, 0.25) is 5.91 Å². The number of hydrogen-bond acceptors (Lipinski definition) is 10. The molecule has 3 rings (SSSR count). The van der Waals surface area contributed by atoms with Gasteiger partial charge in [0.1, 0.15) is 23.2 Å². The molecule has 0 bridgehead atoms. The third-order valence-corrected chi connectivity index (χ3v) is 6.58. The number of carbonyl (C=O) groups excluding carboxylic acids is 4. The van der Waals surface area contributed by atoms with Crippen LogP contribution in [0, 0.1) is 0 Å². The van der Waals surface area contributed by atoms with E-state index in [0.717, 1.165) is 0 Å². The van der Waals surface area contributed by atoms with Crippen LogP contribution in [0.4, 0.5) is 10.6 Å². The van der Waals surface area contributed by atoms with E-state index in [-0.39, 0.29) is 50.2 Å². The fraction of sp³-hybridized carbons (Fsp3) is 0.548. The second-order valence-electron chi connectivity index (χ2n) is 11.5. The summed E-state index contributed by atoms with van der Waals surface area (Å²) in [5.74, 6) is -0.699. The summed E-state index contributed by atoms with van der Waals surface area (Å²) in [6.07, 6.45) is -0.502. The molecular formula is C31H44N6O7. The predicted octanol–water partition coefficient (Wildman–Crippen LogP) is 3.11. The van der Waals surface area contributed by atoms with E-state index < -0.39 is 29.6 Å². The average Bonchev–Trinajstić information content (AvgIpc) is 2.98. The molecule has 1 saturated heterocycles. The van der Waals surface area contributed by atoms with E-state index >= 15 is 0 Å². The molecule has 2 N–H and O–H groups in total. The maximum absolute atomic E-state index is 13.7. The molecule has 1 aliphatic rings. The summed E-state index contributed by atoms with van der Waals surface area (Å²) in [4.78, 5) is 64.2. The fourth-order valence-corrected chi connectivity index (χ4v) is 4.59. The molecule has 0 radical (unpaired) electrons. The molecule has 0 spiro atoms. The highest BCUT2D eigenvalue weighted by Crippen LogP contribution is 2.19. The van der Waals surface area contributed by atoms with Crippen molar-refractivity contribution in [2.24, 2.45) is 0 Å². The molecule has 13 nitrogen and oxygen atoms in total. The van der Waals surface area contributed by atoms with Crippen LogP contribution in [0.3, 0.4) is 0 Å². The largest absolute Gasteiger partial charge is 0.460 e. The lowest BCUT2D eigenvalue weighted by molar-refractivity contribution is -0.155. The van der Waals surface area contributed by atoms with Gasteiger partial charge >= 0.3 is 12.1 Å². The number of ether oxygens (including phenoxy) is 3. The third kappa shape index (κ3) is 10.5. The van der Waals surface area contributed by atoms with Gasteiger partial charge in [0.25, 0.3) is 5.91 Å². The molecule has 1 aromatic carbocycles. The van der Waals surface area contributed by atoms with E-state index in [9.17, 15) is 19.2 Å². The first-order chi connectivity index (χ1) is 20.9. The van der Waals surface area contributed by atoms with Crippen molar-refractivity contribution in [3.63, 3.8) is 0 Å². The molecule has 2 heterocycles. The molecule has 1 aliphatic heterocycles. The number of methoxy groups -OCH3 is 1. The topological polar surface area (TPSA) is 152 Å². The SMILES string of the molecule is CCOC(=O)N1CCN(C(=O)[C@H](CCC(=O)OC(C)(C)C)NC(=O)c2cc(NC(C)COC)nc(-c3ccccc3)n2)CC1. The minimum absolute atomic E-state index is 0.0180. The van der Waals surface area contributed by atoms with Gasteiger partial charge in [-0.15, -0.1) is 0 Å². The van der Waals surface area contributed by atoms with Gasteiger partial charge in [-0.1, -0.05) is 30.3 Å². The summed E-state index contributed by atoms with van der Waals surface area (Å²) in [5, 5.41) is 6.03. The van der Waals surface area contributed by atoms with Gasteiger partial charge in [0, 0.05) is 57.4 Å². The van der Waals surface area contributed by atoms with E-state index in [2.05, 4.69) is 20.6 Å². The van der Waals surface area contributed by atoms with Crippen molar-refractivity contribution in [2.45, 2.75) is 65.1 Å². The van der Waals surface area contributed by atoms with Crippen molar-refractivity contribution in [3.8, 4) is 11.4 Å². The smallest absolute Gasteiger partial charge is 0.409 e. The van der Waals surface area contributed by atoms with E-state index in [1.54, 1.807) is 39.7 Å². The Hall–Kier alpha value is -4.26. The first kappa shape index (κ1) is 34.2. The molecule has 3 amide bonds. The van der Waals surface area contributed by atoms with Crippen molar-refractivity contribution in [1.29, 1.82) is 0 Å². The molecule has 240 valence electrons. The highest BCUT2D eigenvalue weighted by Gasteiger charge is 2.32. The Kier molecular flexibility index (Phi) is 12.4. The number of rotatable bonds is 12. The zero-order valence-electron chi connectivity index (χ0n) is 26.4. The molecule has 13 heteroatoms. The van der Waals surface area contributed by atoms with Gasteiger partial charge in [0.05, 0.1) is 13.2 Å². The van der Waals surface area contributed by atoms with Gasteiger partial charge in [-0.05, 0) is 41.0 Å². The Bertz CT molecular complexity index is 1280. The van der Waals surface area contributed by atoms with Crippen LogP contribution in [0.25, 0.3) is 11.4 Å². The van der Waals surface area contributed by atoms with Gasteiger partial charge in [-0.3, -0.25) is 14.4 Å². The Morgan fingerprint density at radius 2 is 1.66 bits per heavy atom. The Morgan fingerprint density at radius 3 is 2.27 bits per heavy atom. The molecule has 1 aromatic heterocycles. The number of nitrogens with zero attached hydrogens (tertiary/aromatic N) is 4. The maximum Gasteiger partial charge on any atom is 0.409 e. The second kappa shape index (κ2) is 16.0. The molecule has 2 aromatic rings. The lowest BCUT2D eigenvalue weighted by atomic mass is 10.1. The standard InChI is InChI=1S/C31H44N6O7/c1-7-43-30(41)37-17-15-36(16-18-37)29(40)23(13-14-26(38)44-31(3,4)5)34-28(39)24-19-25(32-21(2)20-42-6)35-27(33-24)22-11-9-8-10-12-22/h8-12,19,21,23H,7,13-18,20H2,1-6H3,(H,34,39)(H,32,33,35)/t21?,23-/m0/s1. The Balaban J connectivity index is 1.84. The van der Waals surface area contributed by atoms with Crippen LogP contribution in [0.15, 0.2) is 36.4 Å². The number of amides is 3. The van der Waals surface area contributed by atoms with Gasteiger partial charge in [-0.25, -0.2) is 14.8 Å². The molecule has 1 unspecified atom stereocenters. The maximum atomic E-state index is 13.7. The highest BCUT2D eigenvalue weighted by molar-refractivity contribution is 5.97. The van der Waals surface area contributed by atoms with E-state index in [1.807, 2.05) is 37.3 Å². The predicted molar refractivity (Wildman–Crippen MR) is 164 cm³/mol. The first-order valence-electron chi connectivity index (χ1n) is 14.8. The first-order valence-corrected chi connectivity index (χ1v) is 14.8. The summed E-state index contributed by atoms with van der Waals surface area (Å²) in [6.45, 7) is 10.7. The van der Waals surface area contributed by atoms with Gasteiger partial charge < -0.3 is 34.6 Å². The van der Waals surface area contributed by atoms with Crippen LogP contribution in [-0.4, -0.2) is 108 Å². The minimum atomic E-state index is -1.04. The van der Waals surface area contributed by atoms with E-state index in [0.29, 0.717) is 36.9 Å². The summed E-state index contributed by atoms with van der Waals surface area (Å²) >= 11 is 0. The number of hydrogen-bond donors (Lipinski definition) is 2. The minimum Gasteiger partial charge on any atom is -0.460 e. The van der Waals surface area contributed by atoms with Crippen LogP contribution in [0.5, 0.6) is 0 Å². The van der Waals surface area contributed by atoms with E-state index in [4.69, 9.17) is 14.2 Å². The van der Waals surface area contributed by atoms with Crippen LogP contribution in [0.2, 0.25) is 0 Å². The zero-order chi connectivity index (χ0) is 32.3. The van der Waals surface area contributed by atoms with Crippen molar-refractivity contribution < 1.29 is 33.4 Å². The van der Waals surface area contributed by atoms with Gasteiger partial charge in [0.15, 0.2) is 5.82 Å². The lowest BCUT2D eigenvalue weighted by Crippen LogP contribution is -2.56. The van der Waals surface area contributed by atoms with Crippen LogP contribution in [0.1, 0.15) is 57.9 Å². The number of esters is 1. The molecular weight excluding hydrogens is 568 g/mol. The summed E-state index contributed by atoms with van der Waals surface area (Å²) in [6, 6.07) is 9.60. The van der Waals surface area contributed by atoms with Crippen molar-refractivity contribution >= 4 is 29.7 Å². The van der Waals surface area contributed by atoms with Gasteiger partial charge in [-0.2, -0.15) is 0 Å². The fourth-order valence-electron chi connectivity index (χ4n) is 4.59. The Labute approximate surface area is 258 Å². The van der Waals surface area contributed by atoms with Crippen molar-refractivity contribution in [1.82, 2.24) is 25.1 Å². The number of nitrogens with one attached hydrogen (secondary N) is 2. The van der Waals surface area contributed by atoms with Crippen LogP contribution >= 0.6 is 0 Å². The molecule has 1 fully saturated rings. The number of carbonyl (C=O) groups is 4. The van der Waals surface area contributed by atoms with Crippen LogP contribution < -0.4 is 10.6 Å². The van der Waals surface area contributed by atoms with E-state index in [1.165, 1.54) is 11.0 Å². The third-order valence-electron chi connectivity index (χ3n) is 6.58. The normalized spacial score (nSPS) is 14.8. The van der Waals surface area contributed by atoms with Crippen molar-refractivity contribution in [3.05, 3.63) is 42.1 Å². The summed E-state index contributed by atoms with van der Waals surface area (Å²) in [5.41, 5.74) is 0.0660. The monoisotopic (exact) mass is 612 g/mol. The second-order valence-corrected chi connectivity index (χ2v) is 11.5. The molecule has 0 saturated carbocycles. The van der Waals surface area contributed by atoms with Crippen LogP contribution in [-0.2, 0) is 23.8 Å². The molecule has 0 aliphatic carbocycles.